The Bertz CT molecular complexity index is 1090. The van der Waals surface area contributed by atoms with E-state index in [1.54, 1.807) is 0 Å². The van der Waals surface area contributed by atoms with Crippen LogP contribution in [0.4, 0.5) is 0 Å². The molecule has 294 valence electrons. The molecule has 3 heterocycles. The van der Waals surface area contributed by atoms with Crippen LogP contribution in [0.3, 0.4) is 0 Å². The molecule has 3 fully saturated rings. The summed E-state index contributed by atoms with van der Waals surface area (Å²) in [6, 6.07) is -0.126. The third-order valence-corrected chi connectivity index (χ3v) is 13.8. The summed E-state index contributed by atoms with van der Waals surface area (Å²) in [7, 11) is 3.95. The van der Waals surface area contributed by atoms with Gasteiger partial charge in [-0.05, 0) is 88.6 Å². The monoisotopic (exact) mass is 712 g/mol. The van der Waals surface area contributed by atoms with Crippen LogP contribution in [0.2, 0.25) is 0 Å². The fraction of sp³-hybridized carbons (Fsp3) is 0.976. The fourth-order valence-corrected chi connectivity index (χ4v) is 9.55. The molecule has 2 N–H and O–H groups in total. The van der Waals surface area contributed by atoms with E-state index in [1.807, 2.05) is 53.6 Å². The Labute approximate surface area is 305 Å². The Hall–Kier alpha value is -0.810. The zero-order valence-electron chi connectivity index (χ0n) is 34.9. The molecule has 3 aliphatic heterocycles. The number of likely N-dealkylation sites (N-methyl/N-ethyl adjacent to an activating group) is 1. The minimum atomic E-state index is -0.858. The molecule has 0 aromatic heterocycles. The largest absolute Gasteiger partial charge is 0.461 e. The van der Waals surface area contributed by atoms with E-state index in [0.717, 1.165) is 6.42 Å². The van der Waals surface area contributed by atoms with Gasteiger partial charge in [-0.3, -0.25) is 4.79 Å². The van der Waals surface area contributed by atoms with Gasteiger partial charge in [0.2, 0.25) is 0 Å². The van der Waals surface area contributed by atoms with Crippen LogP contribution in [0.15, 0.2) is 0 Å². The van der Waals surface area contributed by atoms with Gasteiger partial charge in [-0.2, -0.15) is 0 Å². The average molecular weight is 712 g/mol. The van der Waals surface area contributed by atoms with E-state index < -0.39 is 59.8 Å². The summed E-state index contributed by atoms with van der Waals surface area (Å²) in [5.74, 6) is -0.665. The van der Waals surface area contributed by atoms with Crippen LogP contribution < -0.4 is 0 Å². The van der Waals surface area contributed by atoms with Gasteiger partial charge in [0.25, 0.3) is 0 Å². The Morgan fingerprint density at radius 1 is 0.820 bits per heavy atom. The molecule has 0 radical (unpaired) electrons. The van der Waals surface area contributed by atoms with E-state index >= 15 is 0 Å². The molecule has 0 amide bonds. The highest BCUT2D eigenvalue weighted by atomic mass is 16.7. The SMILES string of the molecule is CC[C@H]1OC(=O)[C@H](C)[C@@H](O[C@H]2CC(C)(C)[C@@H](C)[C@H](C)O2)[C@H](C)[C@@H](O[C@@H]2O[C@H](C)C[C@H](N(C)C)[C@H]2O)C(C)(C)C[C@@H](C)C(C)[C@H](C)[C@@H](O)C1(C)C. The second-order valence-electron chi connectivity index (χ2n) is 19.1. The summed E-state index contributed by atoms with van der Waals surface area (Å²) in [4.78, 5) is 16.4. The van der Waals surface area contributed by atoms with Gasteiger partial charge >= 0.3 is 5.97 Å². The van der Waals surface area contributed by atoms with E-state index in [1.165, 1.54) is 0 Å². The van der Waals surface area contributed by atoms with Crippen molar-refractivity contribution in [2.24, 2.45) is 51.8 Å². The van der Waals surface area contributed by atoms with E-state index in [-0.39, 0.29) is 53.3 Å². The lowest BCUT2D eigenvalue weighted by Crippen LogP contribution is -2.58. The molecule has 9 nitrogen and oxygen atoms in total. The molecule has 0 saturated carbocycles. The number of rotatable bonds is 6. The van der Waals surface area contributed by atoms with Gasteiger partial charge in [0.05, 0.1) is 36.4 Å². The Kier molecular flexibility index (Phi) is 14.6. The Morgan fingerprint density at radius 3 is 1.96 bits per heavy atom. The molecule has 3 saturated heterocycles. The molecule has 1 unspecified atom stereocenters. The normalized spacial score (nSPS) is 46.2. The molecular weight excluding hydrogens is 634 g/mol. The average Bonchev–Trinajstić information content (AvgIpc) is 3.01. The number of hydrogen-bond donors (Lipinski definition) is 2. The molecule has 0 aromatic rings. The first-order valence-electron chi connectivity index (χ1n) is 19.7. The van der Waals surface area contributed by atoms with E-state index in [2.05, 4.69) is 69.2 Å². The summed E-state index contributed by atoms with van der Waals surface area (Å²) in [5.41, 5.74) is -1.14. The lowest BCUT2D eigenvalue weighted by atomic mass is 9.65. The number of ether oxygens (including phenoxy) is 5. The van der Waals surface area contributed by atoms with Gasteiger partial charge in [-0.15, -0.1) is 0 Å². The van der Waals surface area contributed by atoms with Crippen molar-refractivity contribution >= 4 is 5.97 Å². The predicted molar refractivity (Wildman–Crippen MR) is 198 cm³/mol. The number of cyclic esters (lactones) is 1. The van der Waals surface area contributed by atoms with Crippen molar-refractivity contribution in [3.63, 3.8) is 0 Å². The number of aliphatic hydroxyl groups is 2. The summed E-state index contributed by atoms with van der Waals surface area (Å²) >= 11 is 0. The van der Waals surface area contributed by atoms with Crippen molar-refractivity contribution in [1.82, 2.24) is 4.90 Å². The van der Waals surface area contributed by atoms with Gasteiger partial charge in [0, 0.05) is 23.8 Å². The highest BCUT2D eigenvalue weighted by Crippen LogP contribution is 2.47. The number of esters is 1. The van der Waals surface area contributed by atoms with E-state index in [0.29, 0.717) is 25.2 Å². The van der Waals surface area contributed by atoms with Crippen LogP contribution in [-0.2, 0) is 28.5 Å². The van der Waals surface area contributed by atoms with Gasteiger partial charge in [0.1, 0.15) is 12.2 Å². The minimum absolute atomic E-state index is 0.0189. The van der Waals surface area contributed by atoms with Crippen LogP contribution in [0.1, 0.15) is 130 Å². The number of hydrogen-bond acceptors (Lipinski definition) is 9. The van der Waals surface area contributed by atoms with Gasteiger partial charge in [-0.25, -0.2) is 0 Å². The molecule has 16 atom stereocenters. The zero-order chi connectivity index (χ0) is 38.3. The Balaban J connectivity index is 2.17. The molecule has 0 aliphatic carbocycles. The third kappa shape index (κ3) is 9.46. The van der Waals surface area contributed by atoms with Gasteiger partial charge < -0.3 is 38.8 Å². The number of aliphatic hydroxyl groups excluding tert-OH is 2. The van der Waals surface area contributed by atoms with E-state index in [4.69, 9.17) is 23.7 Å². The molecule has 3 aliphatic rings. The molecule has 0 aromatic carbocycles. The maximum Gasteiger partial charge on any atom is 0.311 e. The molecule has 0 bridgehead atoms. The maximum atomic E-state index is 14.3. The van der Waals surface area contributed by atoms with Crippen molar-refractivity contribution in [2.45, 2.75) is 191 Å². The zero-order valence-corrected chi connectivity index (χ0v) is 34.9. The van der Waals surface area contributed by atoms with Crippen molar-refractivity contribution in [3.05, 3.63) is 0 Å². The summed E-state index contributed by atoms with van der Waals surface area (Å²) < 4.78 is 33.3. The third-order valence-electron chi connectivity index (χ3n) is 13.8. The van der Waals surface area contributed by atoms with Crippen LogP contribution in [0, 0.1) is 51.8 Å². The second-order valence-corrected chi connectivity index (χ2v) is 19.1. The molecule has 50 heavy (non-hydrogen) atoms. The quantitative estimate of drug-likeness (QED) is 0.275. The summed E-state index contributed by atoms with van der Waals surface area (Å²) in [6.45, 7) is 31.9. The smallest absolute Gasteiger partial charge is 0.311 e. The summed E-state index contributed by atoms with van der Waals surface area (Å²) in [5, 5.41) is 23.5. The first-order chi connectivity index (χ1) is 22.9. The fourth-order valence-electron chi connectivity index (χ4n) is 9.55. The first-order valence-corrected chi connectivity index (χ1v) is 19.7. The molecule has 3 rings (SSSR count). The lowest BCUT2D eigenvalue weighted by molar-refractivity contribution is -0.303. The van der Waals surface area contributed by atoms with Crippen molar-refractivity contribution in [1.29, 1.82) is 0 Å². The van der Waals surface area contributed by atoms with Gasteiger partial charge in [0.15, 0.2) is 12.6 Å². The number of carbonyl (C=O) groups is 1. The topological polar surface area (TPSA) is 107 Å². The first kappa shape index (κ1) is 43.6. The lowest BCUT2D eigenvalue weighted by Gasteiger charge is -2.50. The van der Waals surface area contributed by atoms with Crippen LogP contribution in [0.25, 0.3) is 0 Å². The molecular formula is C41H77NO8. The van der Waals surface area contributed by atoms with Crippen LogP contribution >= 0.6 is 0 Å². The maximum absolute atomic E-state index is 14.3. The number of carbonyl (C=O) groups excluding carboxylic acids is 1. The highest BCUT2D eigenvalue weighted by Gasteiger charge is 2.51. The minimum Gasteiger partial charge on any atom is -0.461 e. The van der Waals surface area contributed by atoms with Crippen molar-refractivity contribution < 1.29 is 38.7 Å². The van der Waals surface area contributed by atoms with Crippen molar-refractivity contribution in [2.75, 3.05) is 14.1 Å². The highest BCUT2D eigenvalue weighted by molar-refractivity contribution is 5.73. The predicted octanol–water partition coefficient (Wildman–Crippen LogP) is 7.30. The molecule has 0 spiro atoms. The standard InChI is InChI=1S/C41H77NO8/c1-18-31-41(14,15)35(44)25(5)24(4)22(2)20-40(12,13)36(50-38-33(43)30(42(16)17)19-23(3)46-38)26(6)34(27(7)37(45)48-31)49-32-21-39(10,11)28(8)29(9)47-32/h22-36,38,43-44H,18-21H2,1-17H3/t22-,23-,24?,25+,26+,27-,28+,29+,30+,31-,32+,33-,34+,35-,36-,38+/m1/s1. The second kappa shape index (κ2) is 16.7. The van der Waals surface area contributed by atoms with E-state index in [9.17, 15) is 15.0 Å². The molecule has 9 heteroatoms. The van der Waals surface area contributed by atoms with Crippen LogP contribution in [0.5, 0.6) is 0 Å². The van der Waals surface area contributed by atoms with Crippen LogP contribution in [-0.4, -0.2) is 96.5 Å². The summed E-state index contributed by atoms with van der Waals surface area (Å²) in [6.07, 6.45) is -1.87. The van der Waals surface area contributed by atoms with Gasteiger partial charge in [-0.1, -0.05) is 83.1 Å². The van der Waals surface area contributed by atoms with Crippen molar-refractivity contribution in [3.8, 4) is 0 Å². The number of nitrogens with zero attached hydrogens (tertiary/aromatic N) is 1. The Morgan fingerprint density at radius 2 is 1.42 bits per heavy atom.